The van der Waals surface area contributed by atoms with E-state index in [1.54, 1.807) is 6.33 Å². The van der Waals surface area contributed by atoms with Gasteiger partial charge in [0.05, 0.1) is 6.33 Å². The molecule has 0 aromatic carbocycles. The molecule has 5 nitrogen and oxygen atoms in total. The molecular weight excluding hydrogens is 300 g/mol. The lowest BCUT2D eigenvalue weighted by atomic mass is 9.93. The number of likely N-dealkylation sites (tertiary alicyclic amines) is 1. The smallest absolute Gasteiger partial charge is 0.223 e. The van der Waals surface area contributed by atoms with E-state index in [1.807, 2.05) is 6.20 Å². The van der Waals surface area contributed by atoms with Gasteiger partial charge in [0.1, 0.15) is 0 Å². The summed E-state index contributed by atoms with van der Waals surface area (Å²) in [5, 5.41) is 3.11. The number of hydrogen-bond donors (Lipinski definition) is 2. The molecule has 2 bridgehead atoms. The average Bonchev–Trinajstić information content (AvgIpc) is 3.15. The number of piperidine rings is 1. The van der Waals surface area contributed by atoms with Crippen molar-refractivity contribution < 1.29 is 4.79 Å². The molecule has 0 spiro atoms. The number of allylic oxidation sites excluding steroid dienone is 2. The topological polar surface area (TPSA) is 61.0 Å². The summed E-state index contributed by atoms with van der Waals surface area (Å²) in [5.74, 6) is 4.37. The van der Waals surface area contributed by atoms with Gasteiger partial charge in [-0.2, -0.15) is 0 Å². The van der Waals surface area contributed by atoms with Crippen LogP contribution in [0.2, 0.25) is 0 Å². The fourth-order valence-corrected chi connectivity index (χ4v) is 5.45. The molecule has 6 atom stereocenters. The first-order chi connectivity index (χ1) is 11.8. The van der Waals surface area contributed by atoms with Crippen LogP contribution in [0.1, 0.15) is 18.5 Å². The number of carbonyl (C=O) groups excluding carboxylic acids is 1. The summed E-state index contributed by atoms with van der Waals surface area (Å²) < 4.78 is 0. The molecule has 1 amide bonds. The first kappa shape index (κ1) is 14.7. The van der Waals surface area contributed by atoms with Crippen LogP contribution in [0, 0.1) is 35.5 Å². The van der Waals surface area contributed by atoms with Crippen molar-refractivity contribution in [2.75, 3.05) is 26.2 Å². The summed E-state index contributed by atoms with van der Waals surface area (Å²) in [6.45, 7) is 4.24. The number of nitrogens with zero attached hydrogens (tertiary/aromatic N) is 2. The predicted molar refractivity (Wildman–Crippen MR) is 91.1 cm³/mol. The Hall–Kier alpha value is -1.62. The van der Waals surface area contributed by atoms with E-state index < -0.39 is 0 Å². The SMILES string of the molecule is O=C(NCCc1cnc[nH]1)C1[C@H]2CN(C[C@@H]3C[C@H]4C=C[C@@H]3C4)C[C@@H]12. The summed E-state index contributed by atoms with van der Waals surface area (Å²) in [6, 6.07) is 0. The Balaban J connectivity index is 1.05. The van der Waals surface area contributed by atoms with Gasteiger partial charge in [-0.15, -0.1) is 0 Å². The first-order valence-corrected chi connectivity index (χ1v) is 9.43. The first-order valence-electron chi connectivity index (χ1n) is 9.43. The van der Waals surface area contributed by atoms with E-state index in [9.17, 15) is 4.79 Å². The molecule has 2 heterocycles. The molecule has 5 rings (SSSR count). The van der Waals surface area contributed by atoms with Crippen LogP contribution in [-0.2, 0) is 11.2 Å². The molecule has 128 valence electrons. The zero-order chi connectivity index (χ0) is 16.1. The number of nitrogens with one attached hydrogen (secondary N) is 2. The number of imidazole rings is 1. The van der Waals surface area contributed by atoms with Crippen molar-refractivity contribution >= 4 is 5.91 Å². The Kier molecular flexibility index (Phi) is 3.51. The van der Waals surface area contributed by atoms with Crippen molar-refractivity contribution in [3.05, 3.63) is 30.4 Å². The molecular formula is C19H26N4O. The van der Waals surface area contributed by atoms with Crippen LogP contribution in [0.3, 0.4) is 0 Å². The zero-order valence-corrected chi connectivity index (χ0v) is 14.0. The standard InChI is InChI=1S/C19H26N4O/c24-19(21-4-3-15-7-20-11-22-15)18-16-9-23(10-17(16)18)8-14-6-12-1-2-13(14)5-12/h1-2,7,11-14,16-18H,3-6,8-10H2,(H,20,22)(H,21,24)/t12-,13+,14-,16-,17+,18?/m0/s1. The quantitative estimate of drug-likeness (QED) is 0.778. The third-order valence-electron chi connectivity index (χ3n) is 6.73. The van der Waals surface area contributed by atoms with Crippen LogP contribution in [0.5, 0.6) is 0 Å². The number of H-pyrrole nitrogens is 1. The van der Waals surface area contributed by atoms with Crippen molar-refractivity contribution in [2.24, 2.45) is 35.5 Å². The molecule has 1 saturated heterocycles. The van der Waals surface area contributed by atoms with Crippen LogP contribution in [0.25, 0.3) is 0 Å². The van der Waals surface area contributed by atoms with Gasteiger partial charge in [0, 0.05) is 50.4 Å². The van der Waals surface area contributed by atoms with E-state index in [-0.39, 0.29) is 11.8 Å². The minimum absolute atomic E-state index is 0.270. The predicted octanol–water partition coefficient (Wildman–Crippen LogP) is 1.46. The fourth-order valence-electron chi connectivity index (χ4n) is 5.45. The van der Waals surface area contributed by atoms with Crippen LogP contribution in [0.4, 0.5) is 0 Å². The summed E-state index contributed by atoms with van der Waals surface area (Å²) in [4.78, 5) is 22.0. The third kappa shape index (κ3) is 2.59. The lowest BCUT2D eigenvalue weighted by molar-refractivity contribution is -0.123. The average molecular weight is 326 g/mol. The van der Waals surface area contributed by atoms with Crippen LogP contribution >= 0.6 is 0 Å². The van der Waals surface area contributed by atoms with Crippen molar-refractivity contribution in [1.29, 1.82) is 0 Å². The Labute approximate surface area is 142 Å². The van der Waals surface area contributed by atoms with Crippen molar-refractivity contribution in [3.8, 4) is 0 Å². The van der Waals surface area contributed by atoms with Gasteiger partial charge in [-0.25, -0.2) is 4.98 Å². The molecule has 2 saturated carbocycles. The molecule has 1 unspecified atom stereocenters. The zero-order valence-electron chi connectivity index (χ0n) is 14.0. The molecule has 24 heavy (non-hydrogen) atoms. The highest BCUT2D eigenvalue weighted by Crippen LogP contribution is 2.53. The highest BCUT2D eigenvalue weighted by Gasteiger charge is 2.59. The number of aromatic nitrogens is 2. The van der Waals surface area contributed by atoms with E-state index in [0.29, 0.717) is 18.4 Å². The maximum absolute atomic E-state index is 12.3. The monoisotopic (exact) mass is 326 g/mol. The van der Waals surface area contributed by atoms with Gasteiger partial charge in [-0.1, -0.05) is 12.2 Å². The van der Waals surface area contributed by atoms with Gasteiger partial charge in [0.25, 0.3) is 0 Å². The van der Waals surface area contributed by atoms with E-state index in [2.05, 4.69) is 32.3 Å². The third-order valence-corrected chi connectivity index (χ3v) is 6.73. The largest absolute Gasteiger partial charge is 0.355 e. The number of hydrogen-bond acceptors (Lipinski definition) is 3. The maximum Gasteiger partial charge on any atom is 0.223 e. The Morgan fingerprint density at radius 2 is 2.17 bits per heavy atom. The van der Waals surface area contributed by atoms with Crippen LogP contribution < -0.4 is 5.32 Å². The van der Waals surface area contributed by atoms with Gasteiger partial charge >= 0.3 is 0 Å². The summed E-state index contributed by atoms with van der Waals surface area (Å²) in [5.41, 5.74) is 1.08. The molecule has 1 aliphatic heterocycles. The molecule has 3 aliphatic carbocycles. The molecule has 1 aromatic heterocycles. The molecule has 5 heteroatoms. The van der Waals surface area contributed by atoms with Crippen LogP contribution in [0.15, 0.2) is 24.7 Å². The highest BCUT2D eigenvalue weighted by molar-refractivity contribution is 5.82. The molecule has 4 aliphatic rings. The van der Waals surface area contributed by atoms with Gasteiger partial charge in [0.15, 0.2) is 0 Å². The number of amides is 1. The van der Waals surface area contributed by atoms with Crippen LogP contribution in [-0.4, -0.2) is 47.0 Å². The maximum atomic E-state index is 12.3. The molecule has 1 aromatic rings. The van der Waals surface area contributed by atoms with Gasteiger partial charge in [-0.05, 0) is 42.4 Å². The second-order valence-corrected chi connectivity index (χ2v) is 8.23. The van der Waals surface area contributed by atoms with E-state index in [4.69, 9.17) is 0 Å². The normalized spacial score (nSPS) is 39.3. The van der Waals surface area contributed by atoms with Gasteiger partial charge in [0.2, 0.25) is 5.91 Å². The Morgan fingerprint density at radius 1 is 1.29 bits per heavy atom. The van der Waals surface area contributed by atoms with Crippen molar-refractivity contribution in [3.63, 3.8) is 0 Å². The number of aromatic amines is 1. The van der Waals surface area contributed by atoms with Crippen molar-refractivity contribution in [2.45, 2.75) is 19.3 Å². The number of rotatable bonds is 6. The van der Waals surface area contributed by atoms with Crippen molar-refractivity contribution in [1.82, 2.24) is 20.2 Å². The van der Waals surface area contributed by atoms with Gasteiger partial charge < -0.3 is 15.2 Å². The van der Waals surface area contributed by atoms with E-state index in [1.165, 1.54) is 19.4 Å². The lowest BCUT2D eigenvalue weighted by Crippen LogP contribution is -2.35. The lowest BCUT2D eigenvalue weighted by Gasteiger charge is -2.26. The Morgan fingerprint density at radius 3 is 2.83 bits per heavy atom. The summed E-state index contributed by atoms with van der Waals surface area (Å²) >= 11 is 0. The van der Waals surface area contributed by atoms with Gasteiger partial charge in [-0.3, -0.25) is 4.79 Å². The minimum Gasteiger partial charge on any atom is -0.355 e. The summed E-state index contributed by atoms with van der Waals surface area (Å²) in [6.07, 6.45) is 12.0. The molecule has 0 radical (unpaired) electrons. The molecule has 3 fully saturated rings. The van der Waals surface area contributed by atoms with E-state index >= 15 is 0 Å². The van der Waals surface area contributed by atoms with E-state index in [0.717, 1.165) is 43.0 Å². The summed E-state index contributed by atoms with van der Waals surface area (Å²) in [7, 11) is 0. The Bertz CT molecular complexity index is 628. The second-order valence-electron chi connectivity index (χ2n) is 8.23. The number of carbonyl (C=O) groups is 1. The second kappa shape index (κ2) is 5.73. The molecule has 2 N–H and O–H groups in total. The fraction of sp³-hybridized carbons (Fsp3) is 0.684. The number of fused-ring (bicyclic) bond motifs is 3. The highest BCUT2D eigenvalue weighted by atomic mass is 16.2. The minimum atomic E-state index is 0.270.